The Kier molecular flexibility index (Phi) is 4.76. The van der Waals surface area contributed by atoms with Gasteiger partial charge in [-0.3, -0.25) is 5.43 Å². The molecule has 124 valence electrons. The number of rotatable bonds is 6. The summed E-state index contributed by atoms with van der Waals surface area (Å²) in [7, 11) is 0. The lowest BCUT2D eigenvalue weighted by Gasteiger charge is -2.06. The number of benzene rings is 1. The molecule has 1 aromatic carbocycles. The van der Waals surface area contributed by atoms with E-state index in [0.717, 1.165) is 28.3 Å². The van der Waals surface area contributed by atoms with Crippen LogP contribution in [0.15, 0.2) is 39.3 Å². The van der Waals surface area contributed by atoms with Gasteiger partial charge in [-0.25, -0.2) is 4.98 Å². The molecule has 0 atom stereocenters. The van der Waals surface area contributed by atoms with Crippen molar-refractivity contribution < 1.29 is 9.26 Å². The predicted octanol–water partition coefficient (Wildman–Crippen LogP) is 3.36. The zero-order chi connectivity index (χ0) is 16.9. The summed E-state index contributed by atoms with van der Waals surface area (Å²) in [4.78, 5) is 4.07. The van der Waals surface area contributed by atoms with Crippen LogP contribution in [-0.4, -0.2) is 16.4 Å². The van der Waals surface area contributed by atoms with Crippen molar-refractivity contribution in [2.75, 3.05) is 11.2 Å². The van der Waals surface area contributed by atoms with Crippen LogP contribution in [0.2, 0.25) is 0 Å². The summed E-state index contributed by atoms with van der Waals surface area (Å²) in [6.07, 6.45) is 1.69. The molecule has 0 saturated carbocycles. The van der Waals surface area contributed by atoms with Crippen molar-refractivity contribution in [1.29, 1.82) is 0 Å². The standard InChI is InChI=1S/C16H17N5O2S/c1-10-14(11(2)23-21-10)8-22-13-5-3-4-12(6-13)7-18-20-16-19-15(17)9-24-16/h3-7,9H,8,17H2,1-2H3,(H,19,20). The average Bonchev–Trinajstić information content (AvgIpc) is 3.12. The third-order valence-corrected chi connectivity index (χ3v) is 4.08. The van der Waals surface area contributed by atoms with E-state index in [1.165, 1.54) is 11.3 Å². The van der Waals surface area contributed by atoms with Crippen LogP contribution in [0, 0.1) is 13.8 Å². The highest BCUT2D eigenvalue weighted by Gasteiger charge is 2.09. The summed E-state index contributed by atoms with van der Waals surface area (Å²) in [6, 6.07) is 7.64. The van der Waals surface area contributed by atoms with E-state index in [4.69, 9.17) is 15.0 Å². The highest BCUT2D eigenvalue weighted by atomic mass is 32.1. The van der Waals surface area contributed by atoms with Gasteiger partial charge in [-0.05, 0) is 31.5 Å². The number of nitrogen functional groups attached to an aromatic ring is 1. The van der Waals surface area contributed by atoms with Crippen LogP contribution >= 0.6 is 11.3 Å². The van der Waals surface area contributed by atoms with E-state index in [2.05, 4.69) is 20.7 Å². The molecule has 0 bridgehead atoms. The maximum absolute atomic E-state index is 5.81. The monoisotopic (exact) mass is 343 g/mol. The third-order valence-electron chi connectivity index (χ3n) is 3.32. The van der Waals surface area contributed by atoms with Crippen LogP contribution in [-0.2, 0) is 6.61 Å². The van der Waals surface area contributed by atoms with Crippen molar-refractivity contribution in [2.45, 2.75) is 20.5 Å². The molecule has 7 nitrogen and oxygen atoms in total. The first-order valence-corrected chi connectivity index (χ1v) is 8.14. The second-order valence-corrected chi connectivity index (χ2v) is 5.97. The number of nitrogens with two attached hydrogens (primary N) is 1. The van der Waals surface area contributed by atoms with E-state index in [9.17, 15) is 0 Å². The Morgan fingerprint density at radius 1 is 1.42 bits per heavy atom. The number of anilines is 2. The molecule has 2 heterocycles. The van der Waals surface area contributed by atoms with Crippen LogP contribution in [0.3, 0.4) is 0 Å². The number of ether oxygens (including phenoxy) is 1. The lowest BCUT2D eigenvalue weighted by molar-refractivity contribution is 0.301. The van der Waals surface area contributed by atoms with E-state index >= 15 is 0 Å². The first-order valence-electron chi connectivity index (χ1n) is 7.26. The van der Waals surface area contributed by atoms with Gasteiger partial charge in [0.25, 0.3) is 0 Å². The molecule has 0 saturated heterocycles. The van der Waals surface area contributed by atoms with Crippen molar-refractivity contribution in [3.05, 3.63) is 52.2 Å². The molecule has 0 fully saturated rings. The minimum Gasteiger partial charge on any atom is -0.489 e. The van der Waals surface area contributed by atoms with Gasteiger partial charge >= 0.3 is 0 Å². The van der Waals surface area contributed by atoms with E-state index in [1.807, 2.05) is 38.1 Å². The summed E-state index contributed by atoms with van der Waals surface area (Å²) in [5.74, 6) is 2.00. The van der Waals surface area contributed by atoms with Gasteiger partial charge in [0, 0.05) is 5.38 Å². The number of hydrogen-bond donors (Lipinski definition) is 2. The SMILES string of the molecule is Cc1noc(C)c1COc1cccc(C=NNc2nc(N)cs2)c1. The first kappa shape index (κ1) is 16.0. The molecule has 0 radical (unpaired) electrons. The predicted molar refractivity (Wildman–Crippen MR) is 94.5 cm³/mol. The molecule has 24 heavy (non-hydrogen) atoms. The second-order valence-electron chi connectivity index (χ2n) is 5.11. The molecule has 3 rings (SSSR count). The van der Waals surface area contributed by atoms with Crippen molar-refractivity contribution >= 4 is 28.5 Å². The quantitative estimate of drug-likeness (QED) is 0.526. The molecule has 3 aromatic rings. The lowest BCUT2D eigenvalue weighted by atomic mass is 10.2. The summed E-state index contributed by atoms with van der Waals surface area (Å²) < 4.78 is 10.9. The molecule has 2 aromatic heterocycles. The average molecular weight is 343 g/mol. The molecule has 0 amide bonds. The Morgan fingerprint density at radius 3 is 3.00 bits per heavy atom. The molecule has 0 aliphatic rings. The smallest absolute Gasteiger partial charge is 0.205 e. The fourth-order valence-corrected chi connectivity index (χ4v) is 2.60. The van der Waals surface area contributed by atoms with Crippen molar-refractivity contribution in [2.24, 2.45) is 5.10 Å². The van der Waals surface area contributed by atoms with Gasteiger partial charge in [0.15, 0.2) is 0 Å². The Labute approximate surface area is 143 Å². The van der Waals surface area contributed by atoms with Gasteiger partial charge < -0.3 is 15.0 Å². The summed E-state index contributed by atoms with van der Waals surface area (Å²) in [5, 5.41) is 10.5. The van der Waals surface area contributed by atoms with Crippen molar-refractivity contribution in [3.63, 3.8) is 0 Å². The Balaban J connectivity index is 1.61. The van der Waals surface area contributed by atoms with Gasteiger partial charge in [0.2, 0.25) is 5.13 Å². The van der Waals surface area contributed by atoms with Crippen LogP contribution in [0.4, 0.5) is 10.9 Å². The van der Waals surface area contributed by atoms with Crippen molar-refractivity contribution in [1.82, 2.24) is 10.1 Å². The molecule has 3 N–H and O–H groups in total. The zero-order valence-corrected chi connectivity index (χ0v) is 14.1. The first-order chi connectivity index (χ1) is 11.6. The fourth-order valence-electron chi connectivity index (χ4n) is 2.05. The summed E-state index contributed by atoms with van der Waals surface area (Å²) >= 11 is 1.40. The third kappa shape index (κ3) is 3.90. The second kappa shape index (κ2) is 7.14. The minimum absolute atomic E-state index is 0.415. The van der Waals surface area contributed by atoms with E-state index < -0.39 is 0 Å². The molecule has 0 spiro atoms. The van der Waals surface area contributed by atoms with Crippen LogP contribution in [0.5, 0.6) is 5.75 Å². The molecule has 0 aliphatic heterocycles. The van der Waals surface area contributed by atoms with Crippen molar-refractivity contribution in [3.8, 4) is 5.75 Å². The van der Waals surface area contributed by atoms with Gasteiger partial charge in [-0.2, -0.15) is 5.10 Å². The number of hydrazone groups is 1. The Morgan fingerprint density at radius 2 is 2.29 bits per heavy atom. The summed E-state index contributed by atoms with van der Waals surface area (Å²) in [5.41, 5.74) is 11.1. The highest BCUT2D eigenvalue weighted by molar-refractivity contribution is 7.14. The molecule has 0 unspecified atom stereocenters. The molecular weight excluding hydrogens is 326 g/mol. The summed E-state index contributed by atoms with van der Waals surface area (Å²) in [6.45, 7) is 4.19. The van der Waals surface area contributed by atoms with E-state index in [0.29, 0.717) is 17.6 Å². The maximum atomic E-state index is 5.81. The van der Waals surface area contributed by atoms with Gasteiger partial charge in [-0.15, -0.1) is 11.3 Å². The Bertz CT molecular complexity index is 836. The number of aryl methyl sites for hydroxylation is 2. The van der Waals surface area contributed by atoms with Crippen LogP contribution in [0.25, 0.3) is 0 Å². The highest BCUT2D eigenvalue weighted by Crippen LogP contribution is 2.18. The van der Waals surface area contributed by atoms with E-state index in [1.54, 1.807) is 11.6 Å². The number of thiazole rings is 1. The van der Waals surface area contributed by atoms with Crippen LogP contribution < -0.4 is 15.9 Å². The number of nitrogens with one attached hydrogen (secondary N) is 1. The van der Waals surface area contributed by atoms with Gasteiger partial charge in [0.1, 0.15) is 23.9 Å². The Hall–Kier alpha value is -2.87. The van der Waals surface area contributed by atoms with Gasteiger partial charge in [-0.1, -0.05) is 17.3 Å². The number of aromatic nitrogens is 2. The topological polar surface area (TPSA) is 98.6 Å². The number of nitrogens with zero attached hydrogens (tertiary/aromatic N) is 3. The maximum Gasteiger partial charge on any atom is 0.205 e. The number of hydrogen-bond acceptors (Lipinski definition) is 8. The largest absolute Gasteiger partial charge is 0.489 e. The molecule has 8 heteroatoms. The fraction of sp³-hybridized carbons (Fsp3) is 0.188. The van der Waals surface area contributed by atoms with Crippen LogP contribution in [0.1, 0.15) is 22.6 Å². The normalized spacial score (nSPS) is 11.1. The molecule has 0 aliphatic carbocycles. The van der Waals surface area contributed by atoms with Gasteiger partial charge in [0.05, 0.1) is 17.5 Å². The zero-order valence-electron chi connectivity index (χ0n) is 13.3. The minimum atomic E-state index is 0.415. The lowest BCUT2D eigenvalue weighted by Crippen LogP contribution is -1.98. The van der Waals surface area contributed by atoms with E-state index in [-0.39, 0.29) is 0 Å². The molecular formula is C16H17N5O2S.